The van der Waals surface area contributed by atoms with E-state index in [0.717, 1.165) is 19.0 Å². The number of hydrogen-bond donors (Lipinski definition) is 2. The molecule has 0 aliphatic heterocycles. The molecule has 0 fully saturated rings. The number of benzene rings is 1. The van der Waals surface area contributed by atoms with Gasteiger partial charge in [0.25, 0.3) is 0 Å². The van der Waals surface area contributed by atoms with Crippen LogP contribution in [-0.4, -0.2) is 52.4 Å². The lowest BCUT2D eigenvalue weighted by Crippen LogP contribution is -2.27. The third kappa shape index (κ3) is 5.67. The van der Waals surface area contributed by atoms with Gasteiger partial charge in [0.05, 0.1) is 11.1 Å². The van der Waals surface area contributed by atoms with Crippen molar-refractivity contribution in [3.8, 4) is 11.4 Å². The summed E-state index contributed by atoms with van der Waals surface area (Å²) in [6.07, 6.45) is 0.265. The van der Waals surface area contributed by atoms with Crippen molar-refractivity contribution in [3.63, 3.8) is 0 Å². The molecule has 0 amide bonds. The normalized spacial score (nSPS) is 12.0. The van der Waals surface area contributed by atoms with Crippen molar-refractivity contribution in [2.75, 3.05) is 25.6 Å². The number of aliphatic imine (C=N–C) groups is 1. The molecule has 2 aromatic heterocycles. The number of halogens is 3. The molecule has 0 spiro atoms. The first-order valence-corrected chi connectivity index (χ1v) is 10.6. The largest absolute Gasteiger partial charge is 0.417 e. The maximum atomic E-state index is 13.7. The summed E-state index contributed by atoms with van der Waals surface area (Å²) in [6, 6.07) is 6.88. The summed E-state index contributed by atoms with van der Waals surface area (Å²) in [6.45, 7) is 6.13. The van der Waals surface area contributed by atoms with Gasteiger partial charge >= 0.3 is 6.18 Å². The number of H-pyrrole nitrogens is 1. The SMILES string of the molecule is C=Nc1[nH]nc(N(N)c2cc(CCCN(C)C)nc(-c3ccccc3C(F)(F)F)n2)c1/C=C\C. The maximum Gasteiger partial charge on any atom is 0.417 e. The quantitative estimate of drug-likeness (QED) is 0.265. The molecule has 0 radical (unpaired) electrons. The number of hydrazine groups is 1. The zero-order valence-electron chi connectivity index (χ0n) is 19.3. The average Bonchev–Trinajstić information content (AvgIpc) is 3.20. The van der Waals surface area contributed by atoms with Crippen LogP contribution in [0.1, 0.15) is 30.2 Å². The first kappa shape index (κ1) is 25.1. The summed E-state index contributed by atoms with van der Waals surface area (Å²) in [5.41, 5.74) is 0.204. The molecule has 0 aliphatic carbocycles. The second-order valence-corrected chi connectivity index (χ2v) is 7.83. The van der Waals surface area contributed by atoms with Crippen molar-refractivity contribution >= 4 is 30.2 Å². The van der Waals surface area contributed by atoms with Crippen molar-refractivity contribution < 1.29 is 13.2 Å². The number of nitrogens with zero attached hydrogens (tertiary/aromatic N) is 6. The highest BCUT2D eigenvalue weighted by Crippen LogP contribution is 2.37. The van der Waals surface area contributed by atoms with Crippen molar-refractivity contribution in [2.45, 2.75) is 25.9 Å². The van der Waals surface area contributed by atoms with Crippen LogP contribution in [0.3, 0.4) is 0 Å². The maximum absolute atomic E-state index is 13.7. The van der Waals surface area contributed by atoms with Crippen LogP contribution in [0.25, 0.3) is 17.5 Å². The van der Waals surface area contributed by atoms with E-state index in [2.05, 4.69) is 31.9 Å². The Balaban J connectivity index is 2.13. The van der Waals surface area contributed by atoms with E-state index >= 15 is 0 Å². The van der Waals surface area contributed by atoms with Crippen LogP contribution in [0.2, 0.25) is 0 Å². The van der Waals surface area contributed by atoms with Gasteiger partial charge in [0, 0.05) is 17.3 Å². The minimum atomic E-state index is -4.56. The van der Waals surface area contributed by atoms with Gasteiger partial charge in [0.1, 0.15) is 0 Å². The Labute approximate surface area is 196 Å². The highest BCUT2D eigenvalue weighted by Gasteiger charge is 2.34. The minimum absolute atomic E-state index is 0.0640. The Bertz CT molecular complexity index is 1170. The molecule has 3 N–H and O–H groups in total. The number of hydrogen-bond acceptors (Lipinski definition) is 7. The summed E-state index contributed by atoms with van der Waals surface area (Å²) < 4.78 is 41.1. The molecule has 0 saturated carbocycles. The van der Waals surface area contributed by atoms with Crippen LogP contribution < -0.4 is 10.9 Å². The fourth-order valence-electron chi connectivity index (χ4n) is 3.42. The van der Waals surface area contributed by atoms with Crippen molar-refractivity contribution in [1.29, 1.82) is 0 Å². The molecule has 11 heteroatoms. The molecule has 0 atom stereocenters. The fraction of sp³-hybridized carbons (Fsp3) is 0.304. The van der Waals surface area contributed by atoms with Crippen LogP contribution in [-0.2, 0) is 12.6 Å². The highest BCUT2D eigenvalue weighted by molar-refractivity contribution is 5.76. The summed E-state index contributed by atoms with van der Waals surface area (Å²) in [7, 11) is 3.90. The Kier molecular flexibility index (Phi) is 7.79. The third-order valence-corrected chi connectivity index (χ3v) is 5.01. The van der Waals surface area contributed by atoms with Crippen LogP contribution in [0, 0.1) is 0 Å². The second-order valence-electron chi connectivity index (χ2n) is 7.83. The lowest BCUT2D eigenvalue weighted by atomic mass is 10.1. The average molecular weight is 473 g/mol. The standard InChI is InChI=1S/C23H27F3N8/c1-5-9-17-20(28-2)31-32-22(17)34(27)19-14-15(10-8-13-33(3)4)29-21(30-19)16-11-6-7-12-18(16)23(24,25)26/h5-7,9,11-12,14H,2,8,10,13,27H2,1,3-4H3,(H,31,32)/b9-5-. The van der Waals surface area contributed by atoms with E-state index in [1.807, 2.05) is 25.9 Å². The molecule has 0 aliphatic rings. The molecule has 0 bridgehead atoms. The number of anilines is 2. The number of aromatic amines is 1. The zero-order chi connectivity index (χ0) is 24.9. The van der Waals surface area contributed by atoms with Gasteiger partial charge in [-0.05, 0) is 53.2 Å². The summed E-state index contributed by atoms with van der Waals surface area (Å²) in [5.74, 6) is 7.21. The van der Waals surface area contributed by atoms with E-state index in [9.17, 15) is 13.2 Å². The molecule has 1 aromatic carbocycles. The van der Waals surface area contributed by atoms with E-state index in [1.54, 1.807) is 18.2 Å². The van der Waals surface area contributed by atoms with E-state index in [-0.39, 0.29) is 17.2 Å². The van der Waals surface area contributed by atoms with Gasteiger partial charge < -0.3 is 4.90 Å². The lowest BCUT2D eigenvalue weighted by Gasteiger charge is -2.19. The first-order valence-electron chi connectivity index (χ1n) is 10.6. The molecule has 180 valence electrons. The third-order valence-electron chi connectivity index (χ3n) is 5.01. The first-order chi connectivity index (χ1) is 16.2. The molecule has 3 aromatic rings. The minimum Gasteiger partial charge on any atom is -0.309 e. The van der Waals surface area contributed by atoms with Gasteiger partial charge in [-0.2, -0.15) is 18.3 Å². The van der Waals surface area contributed by atoms with Gasteiger partial charge in [0.15, 0.2) is 23.3 Å². The molecule has 8 nitrogen and oxygen atoms in total. The summed E-state index contributed by atoms with van der Waals surface area (Å²) in [5, 5.41) is 8.15. The smallest absolute Gasteiger partial charge is 0.309 e. The number of nitrogens with one attached hydrogen (secondary N) is 1. The van der Waals surface area contributed by atoms with Gasteiger partial charge in [0.2, 0.25) is 0 Å². The Morgan fingerprint density at radius 1 is 1.21 bits per heavy atom. The number of rotatable bonds is 9. The molecular formula is C23H27F3N8. The molecule has 0 unspecified atom stereocenters. The fourth-order valence-corrected chi connectivity index (χ4v) is 3.42. The van der Waals surface area contributed by atoms with Crippen LogP contribution in [0.4, 0.5) is 30.6 Å². The molecule has 3 rings (SSSR count). The second kappa shape index (κ2) is 10.6. The van der Waals surface area contributed by atoms with Crippen molar-refractivity contribution in [1.82, 2.24) is 25.1 Å². The van der Waals surface area contributed by atoms with Crippen LogP contribution in [0.15, 0.2) is 41.4 Å². The highest BCUT2D eigenvalue weighted by atomic mass is 19.4. The molecule has 34 heavy (non-hydrogen) atoms. The van der Waals surface area contributed by atoms with Crippen LogP contribution in [0.5, 0.6) is 0 Å². The number of nitrogens with two attached hydrogens (primary N) is 1. The monoisotopic (exact) mass is 472 g/mol. The van der Waals surface area contributed by atoms with E-state index in [1.165, 1.54) is 23.2 Å². The Morgan fingerprint density at radius 2 is 1.94 bits per heavy atom. The summed E-state index contributed by atoms with van der Waals surface area (Å²) >= 11 is 0. The van der Waals surface area contributed by atoms with E-state index in [4.69, 9.17) is 5.84 Å². The number of aryl methyl sites for hydroxylation is 1. The molecular weight excluding hydrogens is 445 g/mol. The Hall–Kier alpha value is -3.57. The molecule has 0 saturated heterocycles. The van der Waals surface area contributed by atoms with Gasteiger partial charge in [-0.25, -0.2) is 25.8 Å². The van der Waals surface area contributed by atoms with Gasteiger partial charge in [-0.15, -0.1) is 0 Å². The zero-order valence-corrected chi connectivity index (χ0v) is 19.3. The van der Waals surface area contributed by atoms with E-state index < -0.39 is 11.7 Å². The lowest BCUT2D eigenvalue weighted by molar-refractivity contribution is -0.137. The molecule has 2 heterocycles. The van der Waals surface area contributed by atoms with E-state index in [0.29, 0.717) is 29.3 Å². The van der Waals surface area contributed by atoms with Crippen LogP contribution >= 0.6 is 0 Å². The predicted molar refractivity (Wildman–Crippen MR) is 128 cm³/mol. The van der Waals surface area contributed by atoms with Gasteiger partial charge in [-0.1, -0.05) is 30.4 Å². The number of allylic oxidation sites excluding steroid dienone is 1. The van der Waals surface area contributed by atoms with Crippen molar-refractivity contribution in [3.05, 3.63) is 53.2 Å². The van der Waals surface area contributed by atoms with Crippen molar-refractivity contribution in [2.24, 2.45) is 10.8 Å². The Morgan fingerprint density at radius 3 is 2.59 bits per heavy atom. The number of alkyl halides is 3. The number of aromatic nitrogens is 4. The topological polar surface area (TPSA) is 99.3 Å². The van der Waals surface area contributed by atoms with Gasteiger partial charge in [-0.3, -0.25) is 5.10 Å². The summed E-state index contributed by atoms with van der Waals surface area (Å²) in [4.78, 5) is 14.8. The predicted octanol–water partition coefficient (Wildman–Crippen LogP) is 4.76.